The van der Waals surface area contributed by atoms with Gasteiger partial charge in [-0.05, 0) is 49.5 Å². The van der Waals surface area contributed by atoms with Gasteiger partial charge in [-0.1, -0.05) is 12.2 Å². The number of thiophene rings is 1. The first-order valence-corrected chi connectivity index (χ1v) is 10.1. The van der Waals surface area contributed by atoms with Crippen molar-refractivity contribution >= 4 is 39.2 Å². The number of rotatable bonds is 2. The monoisotopic (exact) mass is 366 g/mol. The molecule has 2 aromatic heterocycles. The number of carbonyl (C=O) groups excluding carboxylic acids is 2. The third-order valence-electron chi connectivity index (χ3n) is 6.44. The maximum atomic E-state index is 12.9. The molecule has 1 N–H and O–H groups in total. The zero-order valence-electron chi connectivity index (χ0n) is 14.1. The van der Waals surface area contributed by atoms with Crippen LogP contribution in [0.4, 0.5) is 5.82 Å². The van der Waals surface area contributed by atoms with E-state index in [0.717, 1.165) is 35.9 Å². The summed E-state index contributed by atoms with van der Waals surface area (Å²) in [6.45, 7) is 0. The number of fused-ring (bicyclic) bond motifs is 8. The summed E-state index contributed by atoms with van der Waals surface area (Å²) in [5.74, 6) is 0.425. The number of hydrazine groups is 1. The summed E-state index contributed by atoms with van der Waals surface area (Å²) < 4.78 is 0. The van der Waals surface area contributed by atoms with Gasteiger partial charge in [0.15, 0.2) is 5.82 Å². The number of hydrogen-bond donors (Lipinski definition) is 1. The fourth-order valence-electron chi connectivity index (χ4n) is 5.29. The standard InChI is InChI=1S/C19H18N4O2S/c24-18-13-9-5-6-10(7-9)14(13)19(25)23(18)22-16-15-11-3-1-2-4-12(11)26-17(15)21-8-20-16/h5-6,8-10,13-14H,1-4,7H2,(H,20,21,22)/t9-,10-,13-,14+/m0/s1. The fourth-order valence-corrected chi connectivity index (χ4v) is 6.52. The summed E-state index contributed by atoms with van der Waals surface area (Å²) >= 11 is 1.71. The normalized spacial score (nSPS) is 31.8. The lowest BCUT2D eigenvalue weighted by Crippen LogP contribution is -2.38. The molecule has 4 aliphatic rings. The van der Waals surface area contributed by atoms with Gasteiger partial charge in [0.05, 0.1) is 17.2 Å². The van der Waals surface area contributed by atoms with Crippen molar-refractivity contribution in [2.24, 2.45) is 23.7 Å². The summed E-state index contributed by atoms with van der Waals surface area (Å²) in [7, 11) is 0. The van der Waals surface area contributed by atoms with E-state index in [2.05, 4.69) is 27.5 Å². The smallest absolute Gasteiger partial charge is 0.252 e. The van der Waals surface area contributed by atoms with E-state index in [1.165, 1.54) is 28.2 Å². The number of nitrogens with one attached hydrogen (secondary N) is 1. The third-order valence-corrected chi connectivity index (χ3v) is 7.64. The number of aromatic nitrogens is 2. The van der Waals surface area contributed by atoms with E-state index in [9.17, 15) is 9.59 Å². The molecule has 2 bridgehead atoms. The zero-order chi connectivity index (χ0) is 17.4. The summed E-state index contributed by atoms with van der Waals surface area (Å²) in [5.41, 5.74) is 4.37. The first-order chi connectivity index (χ1) is 12.7. The molecule has 1 saturated carbocycles. The van der Waals surface area contributed by atoms with Crippen molar-refractivity contribution in [2.45, 2.75) is 32.1 Å². The Balaban J connectivity index is 1.40. The van der Waals surface area contributed by atoms with Crippen LogP contribution >= 0.6 is 11.3 Å². The van der Waals surface area contributed by atoms with Crippen LogP contribution in [0, 0.1) is 23.7 Å². The molecule has 0 spiro atoms. The molecule has 2 amide bonds. The minimum atomic E-state index is -0.196. The number of amides is 2. The molecule has 6 rings (SSSR count). The molecule has 2 fully saturated rings. The molecule has 26 heavy (non-hydrogen) atoms. The lowest BCUT2D eigenvalue weighted by molar-refractivity contribution is -0.139. The van der Waals surface area contributed by atoms with Crippen LogP contribution in [0.2, 0.25) is 0 Å². The van der Waals surface area contributed by atoms with E-state index >= 15 is 0 Å². The van der Waals surface area contributed by atoms with Crippen LogP contribution in [-0.2, 0) is 22.4 Å². The van der Waals surface area contributed by atoms with Crippen LogP contribution in [0.25, 0.3) is 10.2 Å². The van der Waals surface area contributed by atoms with Gasteiger partial charge in [-0.15, -0.1) is 11.3 Å². The molecule has 3 aliphatic carbocycles. The van der Waals surface area contributed by atoms with Gasteiger partial charge in [0.2, 0.25) is 0 Å². The van der Waals surface area contributed by atoms with Crippen molar-refractivity contribution in [1.29, 1.82) is 0 Å². The highest BCUT2D eigenvalue weighted by Crippen LogP contribution is 2.52. The summed E-state index contributed by atoms with van der Waals surface area (Å²) in [6.07, 6.45) is 11.1. The molecule has 0 radical (unpaired) electrons. The quantitative estimate of drug-likeness (QED) is 0.653. The molecular weight excluding hydrogens is 348 g/mol. The van der Waals surface area contributed by atoms with E-state index in [0.29, 0.717) is 5.82 Å². The molecule has 2 aromatic rings. The van der Waals surface area contributed by atoms with Gasteiger partial charge >= 0.3 is 0 Å². The van der Waals surface area contributed by atoms with E-state index in [1.807, 2.05) is 0 Å². The van der Waals surface area contributed by atoms with Crippen molar-refractivity contribution in [3.8, 4) is 0 Å². The SMILES string of the molecule is O=C1[C@@H]2[C@H](C(=O)N1Nc1ncnc3sc4c(c13)CCCC4)[C@H]1C=C[C@H]2C1. The molecule has 1 saturated heterocycles. The minimum Gasteiger partial charge on any atom is -0.272 e. The Morgan fingerprint density at radius 3 is 2.54 bits per heavy atom. The summed E-state index contributed by atoms with van der Waals surface area (Å²) in [5, 5.41) is 2.22. The molecule has 1 aliphatic heterocycles. The maximum Gasteiger partial charge on any atom is 0.252 e. The summed E-state index contributed by atoms with van der Waals surface area (Å²) in [4.78, 5) is 37.0. The minimum absolute atomic E-state index is 0.104. The Labute approximate surface area is 154 Å². The van der Waals surface area contributed by atoms with Gasteiger partial charge in [0, 0.05) is 4.88 Å². The van der Waals surface area contributed by atoms with Gasteiger partial charge in [0.25, 0.3) is 11.8 Å². The van der Waals surface area contributed by atoms with Crippen LogP contribution in [0.1, 0.15) is 29.7 Å². The van der Waals surface area contributed by atoms with E-state index < -0.39 is 0 Å². The Hall–Kier alpha value is -2.28. The van der Waals surface area contributed by atoms with E-state index in [-0.39, 0.29) is 35.5 Å². The number of allylic oxidation sites excluding steroid dienone is 2. The van der Waals surface area contributed by atoms with Gasteiger partial charge in [0.1, 0.15) is 11.2 Å². The van der Waals surface area contributed by atoms with Crippen LogP contribution in [0.3, 0.4) is 0 Å². The lowest BCUT2D eigenvalue weighted by Gasteiger charge is -2.19. The first kappa shape index (κ1) is 14.8. The highest BCUT2D eigenvalue weighted by molar-refractivity contribution is 7.19. The Morgan fingerprint density at radius 1 is 1.04 bits per heavy atom. The highest BCUT2D eigenvalue weighted by Gasteiger charge is 2.59. The van der Waals surface area contributed by atoms with Crippen molar-refractivity contribution in [2.75, 3.05) is 5.43 Å². The van der Waals surface area contributed by atoms with Crippen molar-refractivity contribution in [3.63, 3.8) is 0 Å². The fraction of sp³-hybridized carbons (Fsp3) is 0.474. The second-order valence-corrected chi connectivity index (χ2v) is 8.82. The number of hydrogen-bond acceptors (Lipinski definition) is 6. The number of imide groups is 1. The summed E-state index contributed by atoms with van der Waals surface area (Å²) in [6, 6.07) is 0. The van der Waals surface area contributed by atoms with Crippen molar-refractivity contribution in [1.82, 2.24) is 15.0 Å². The number of nitrogens with zero attached hydrogens (tertiary/aromatic N) is 3. The Kier molecular flexibility index (Phi) is 2.93. The topological polar surface area (TPSA) is 75.2 Å². The zero-order valence-corrected chi connectivity index (χ0v) is 15.0. The number of carbonyl (C=O) groups is 2. The van der Waals surface area contributed by atoms with Gasteiger partial charge in [-0.3, -0.25) is 15.0 Å². The van der Waals surface area contributed by atoms with Crippen LogP contribution in [0.5, 0.6) is 0 Å². The molecule has 3 heterocycles. The average molecular weight is 366 g/mol. The molecule has 6 nitrogen and oxygen atoms in total. The average Bonchev–Trinajstić information content (AvgIpc) is 3.40. The van der Waals surface area contributed by atoms with Crippen LogP contribution in [0.15, 0.2) is 18.5 Å². The van der Waals surface area contributed by atoms with Gasteiger partial charge in [-0.25, -0.2) is 9.97 Å². The molecule has 7 heteroatoms. The van der Waals surface area contributed by atoms with Gasteiger partial charge < -0.3 is 0 Å². The largest absolute Gasteiger partial charge is 0.272 e. The molecule has 0 aromatic carbocycles. The number of anilines is 1. The van der Waals surface area contributed by atoms with Crippen LogP contribution in [-0.4, -0.2) is 26.8 Å². The molecule has 132 valence electrons. The highest BCUT2D eigenvalue weighted by atomic mass is 32.1. The van der Waals surface area contributed by atoms with E-state index in [4.69, 9.17) is 0 Å². The first-order valence-electron chi connectivity index (χ1n) is 9.30. The second kappa shape index (κ2) is 5.13. The van der Waals surface area contributed by atoms with Gasteiger partial charge in [-0.2, -0.15) is 5.01 Å². The van der Waals surface area contributed by atoms with Crippen molar-refractivity contribution < 1.29 is 9.59 Å². The molecule has 0 unspecified atom stereocenters. The molecular formula is C19H18N4O2S. The van der Waals surface area contributed by atoms with E-state index in [1.54, 1.807) is 11.3 Å². The Morgan fingerprint density at radius 2 is 1.77 bits per heavy atom. The third kappa shape index (κ3) is 1.81. The predicted molar refractivity (Wildman–Crippen MR) is 97.2 cm³/mol. The number of aryl methyl sites for hydroxylation is 2. The van der Waals surface area contributed by atoms with Crippen LogP contribution < -0.4 is 5.43 Å². The lowest BCUT2D eigenvalue weighted by atomic mass is 9.85. The Bertz CT molecular complexity index is 967. The van der Waals surface area contributed by atoms with Crippen molar-refractivity contribution in [3.05, 3.63) is 28.9 Å². The maximum absolute atomic E-state index is 12.9. The predicted octanol–water partition coefficient (Wildman–Crippen LogP) is 2.70. The molecule has 4 atom stereocenters. The second-order valence-electron chi connectivity index (χ2n) is 7.74.